The Kier molecular flexibility index (Phi) is 12.2. The molecule has 160 valence electrons. The SMILES string of the molecule is CCNC(=NCc1ccc(F)c(COC)c1)NC1CCCC(S(=O)CC)C1.I. The first-order valence-electron chi connectivity index (χ1n) is 9.75. The van der Waals surface area contributed by atoms with Gasteiger partial charge in [0.05, 0.1) is 13.2 Å². The van der Waals surface area contributed by atoms with Crippen molar-refractivity contribution in [1.29, 1.82) is 0 Å². The fraction of sp³-hybridized carbons (Fsp3) is 0.650. The van der Waals surface area contributed by atoms with Crippen molar-refractivity contribution in [1.82, 2.24) is 10.6 Å². The molecular weight excluding hydrogens is 492 g/mol. The molecule has 2 rings (SSSR count). The van der Waals surface area contributed by atoms with E-state index < -0.39 is 10.8 Å². The van der Waals surface area contributed by atoms with Crippen molar-refractivity contribution >= 4 is 40.7 Å². The number of guanidine groups is 1. The Morgan fingerprint density at radius 1 is 1.36 bits per heavy atom. The lowest BCUT2D eigenvalue weighted by molar-refractivity contribution is 0.181. The summed E-state index contributed by atoms with van der Waals surface area (Å²) < 4.78 is 30.9. The van der Waals surface area contributed by atoms with E-state index in [4.69, 9.17) is 4.74 Å². The van der Waals surface area contributed by atoms with Crippen LogP contribution in [0.5, 0.6) is 0 Å². The molecule has 1 aromatic carbocycles. The molecule has 1 aliphatic rings. The molecule has 5 nitrogen and oxygen atoms in total. The van der Waals surface area contributed by atoms with Crippen LogP contribution in [-0.2, 0) is 28.7 Å². The Labute approximate surface area is 187 Å². The molecule has 1 fully saturated rings. The lowest BCUT2D eigenvalue weighted by atomic mass is 9.95. The van der Waals surface area contributed by atoms with Gasteiger partial charge in [-0.15, -0.1) is 24.0 Å². The smallest absolute Gasteiger partial charge is 0.191 e. The van der Waals surface area contributed by atoms with Crippen molar-refractivity contribution in [2.75, 3.05) is 19.4 Å². The van der Waals surface area contributed by atoms with Gasteiger partial charge < -0.3 is 15.4 Å². The molecule has 1 aliphatic carbocycles. The minimum absolute atomic E-state index is 0. The van der Waals surface area contributed by atoms with Crippen LogP contribution in [0.4, 0.5) is 4.39 Å². The maximum Gasteiger partial charge on any atom is 0.191 e. The Balaban J connectivity index is 0.00000392. The molecule has 8 heteroatoms. The molecule has 0 saturated heterocycles. The number of rotatable bonds is 8. The summed E-state index contributed by atoms with van der Waals surface area (Å²) in [6.45, 7) is 5.49. The molecule has 0 radical (unpaired) electrons. The van der Waals surface area contributed by atoms with Crippen molar-refractivity contribution in [2.45, 2.75) is 64.0 Å². The second kappa shape index (κ2) is 13.5. The number of hydrogen-bond donors (Lipinski definition) is 2. The molecule has 2 N–H and O–H groups in total. The van der Waals surface area contributed by atoms with E-state index in [1.54, 1.807) is 19.2 Å². The van der Waals surface area contributed by atoms with Crippen LogP contribution < -0.4 is 10.6 Å². The monoisotopic (exact) mass is 525 g/mol. The number of hydrogen-bond acceptors (Lipinski definition) is 3. The van der Waals surface area contributed by atoms with E-state index in [0.29, 0.717) is 12.1 Å². The van der Waals surface area contributed by atoms with Gasteiger partial charge in [-0.1, -0.05) is 19.4 Å². The Bertz CT molecular complexity index is 660. The molecule has 28 heavy (non-hydrogen) atoms. The average molecular weight is 525 g/mol. The highest BCUT2D eigenvalue weighted by Crippen LogP contribution is 2.23. The maximum absolute atomic E-state index is 13.8. The fourth-order valence-corrected chi connectivity index (χ4v) is 4.77. The third-order valence-electron chi connectivity index (χ3n) is 4.80. The summed E-state index contributed by atoms with van der Waals surface area (Å²) in [5.41, 5.74) is 1.48. The van der Waals surface area contributed by atoms with E-state index in [1.165, 1.54) is 6.07 Å². The number of benzene rings is 1. The first-order valence-corrected chi connectivity index (χ1v) is 11.1. The molecule has 1 aromatic rings. The normalized spacial score (nSPS) is 20.9. The molecule has 0 aromatic heterocycles. The Hall–Kier alpha value is -0.740. The minimum atomic E-state index is -0.741. The van der Waals surface area contributed by atoms with Crippen LogP contribution in [0.15, 0.2) is 23.2 Å². The predicted molar refractivity (Wildman–Crippen MR) is 125 cm³/mol. The second-order valence-corrected chi connectivity index (χ2v) is 8.86. The van der Waals surface area contributed by atoms with E-state index in [9.17, 15) is 8.60 Å². The number of aliphatic imine (C=N–C) groups is 1. The molecule has 0 aliphatic heterocycles. The van der Waals surface area contributed by atoms with E-state index in [-0.39, 0.29) is 47.7 Å². The largest absolute Gasteiger partial charge is 0.380 e. The zero-order valence-electron chi connectivity index (χ0n) is 17.0. The van der Waals surface area contributed by atoms with Crippen LogP contribution in [0.3, 0.4) is 0 Å². The molecule has 0 bridgehead atoms. The van der Waals surface area contributed by atoms with Crippen molar-refractivity contribution in [3.8, 4) is 0 Å². The Morgan fingerprint density at radius 2 is 2.14 bits per heavy atom. The van der Waals surface area contributed by atoms with Gasteiger partial charge in [0.15, 0.2) is 5.96 Å². The van der Waals surface area contributed by atoms with Crippen LogP contribution in [0, 0.1) is 5.82 Å². The number of halogens is 2. The lowest BCUT2D eigenvalue weighted by Crippen LogP contribution is -2.46. The van der Waals surface area contributed by atoms with Crippen LogP contribution >= 0.6 is 24.0 Å². The zero-order valence-corrected chi connectivity index (χ0v) is 20.1. The van der Waals surface area contributed by atoms with E-state index >= 15 is 0 Å². The molecule has 0 heterocycles. The summed E-state index contributed by atoms with van der Waals surface area (Å²) >= 11 is 0. The predicted octanol–water partition coefficient (Wildman–Crippen LogP) is 3.73. The Morgan fingerprint density at radius 3 is 2.82 bits per heavy atom. The molecule has 0 amide bonds. The quantitative estimate of drug-likeness (QED) is 0.309. The highest BCUT2D eigenvalue weighted by atomic mass is 127. The number of nitrogens with zero attached hydrogens (tertiary/aromatic N) is 1. The molecule has 3 unspecified atom stereocenters. The minimum Gasteiger partial charge on any atom is -0.380 e. The standard InChI is InChI=1S/C20H32FN3O2S.HI/c1-4-22-20(24-17-7-6-8-18(12-17)27(25)5-2)23-13-15-9-10-19(21)16(11-15)14-26-3;/h9-11,17-18H,4-8,12-14H2,1-3H3,(H2,22,23,24);1H. The van der Waals surface area contributed by atoms with E-state index in [2.05, 4.69) is 15.6 Å². The summed E-state index contributed by atoms with van der Waals surface area (Å²) in [7, 11) is 0.815. The zero-order chi connectivity index (χ0) is 19.6. The number of nitrogens with one attached hydrogen (secondary N) is 2. The van der Waals surface area contributed by atoms with Crippen LogP contribution in [0.1, 0.15) is 50.7 Å². The van der Waals surface area contributed by atoms with Gasteiger partial charge in [0.2, 0.25) is 0 Å². The van der Waals surface area contributed by atoms with Gasteiger partial charge in [-0.2, -0.15) is 0 Å². The van der Waals surface area contributed by atoms with Gasteiger partial charge in [-0.25, -0.2) is 9.38 Å². The van der Waals surface area contributed by atoms with Crippen molar-refractivity contribution < 1.29 is 13.3 Å². The third-order valence-corrected chi connectivity index (χ3v) is 6.54. The van der Waals surface area contributed by atoms with Gasteiger partial charge in [0.1, 0.15) is 5.82 Å². The van der Waals surface area contributed by atoms with E-state index in [0.717, 1.165) is 49.5 Å². The van der Waals surface area contributed by atoms with Crippen LogP contribution in [-0.4, -0.2) is 40.9 Å². The highest BCUT2D eigenvalue weighted by molar-refractivity contribution is 14.0. The maximum atomic E-state index is 13.8. The summed E-state index contributed by atoms with van der Waals surface area (Å²) in [6.07, 6.45) is 4.12. The van der Waals surface area contributed by atoms with Crippen molar-refractivity contribution in [2.24, 2.45) is 4.99 Å². The van der Waals surface area contributed by atoms with Gasteiger partial charge in [0.25, 0.3) is 0 Å². The first kappa shape index (κ1) is 25.3. The molecule has 1 saturated carbocycles. The summed E-state index contributed by atoms with van der Waals surface area (Å²) in [4.78, 5) is 4.65. The van der Waals surface area contributed by atoms with Gasteiger partial charge in [-0.05, 0) is 43.9 Å². The van der Waals surface area contributed by atoms with Crippen molar-refractivity contribution in [3.63, 3.8) is 0 Å². The summed E-state index contributed by atoms with van der Waals surface area (Å²) in [5.74, 6) is 1.22. The fourth-order valence-electron chi connectivity index (χ4n) is 3.43. The second-order valence-electron chi connectivity index (χ2n) is 6.85. The average Bonchev–Trinajstić information content (AvgIpc) is 2.68. The van der Waals surface area contributed by atoms with Crippen LogP contribution in [0.25, 0.3) is 0 Å². The summed E-state index contributed by atoms with van der Waals surface area (Å²) in [5, 5.41) is 7.04. The van der Waals surface area contributed by atoms with E-state index in [1.807, 2.05) is 13.8 Å². The summed E-state index contributed by atoms with van der Waals surface area (Å²) in [6, 6.07) is 5.30. The number of methoxy groups -OCH3 is 1. The van der Waals surface area contributed by atoms with Gasteiger partial charge in [0, 0.05) is 47.1 Å². The molecule has 3 atom stereocenters. The first-order chi connectivity index (χ1) is 13.1. The third kappa shape index (κ3) is 7.94. The topological polar surface area (TPSA) is 62.7 Å². The van der Waals surface area contributed by atoms with Gasteiger partial charge in [-0.3, -0.25) is 4.21 Å². The van der Waals surface area contributed by atoms with Crippen LogP contribution in [0.2, 0.25) is 0 Å². The molecule has 0 spiro atoms. The van der Waals surface area contributed by atoms with Crippen molar-refractivity contribution in [3.05, 3.63) is 35.1 Å². The number of ether oxygens (including phenoxy) is 1. The highest BCUT2D eigenvalue weighted by Gasteiger charge is 2.26. The van der Waals surface area contributed by atoms with Gasteiger partial charge >= 0.3 is 0 Å². The molecular formula is C20H33FIN3O2S. The lowest BCUT2D eigenvalue weighted by Gasteiger charge is -2.30.